The average Bonchev–Trinajstić information content (AvgIpc) is 2.47. The number of hydrogen-bond donors (Lipinski definition) is 0. The van der Waals surface area contributed by atoms with E-state index < -0.39 is 0 Å². The van der Waals surface area contributed by atoms with Crippen LogP contribution in [0.3, 0.4) is 0 Å². The molecule has 1 heterocycles. The second-order valence-electron chi connectivity index (χ2n) is 4.23. The molecule has 0 N–H and O–H groups in total. The summed E-state index contributed by atoms with van der Waals surface area (Å²) in [6, 6.07) is 5.61. The Morgan fingerprint density at radius 1 is 1.14 bits per heavy atom. The Kier molecular flexibility index (Phi) is 2.02. The first-order valence-electron chi connectivity index (χ1n) is 4.63. The van der Waals surface area contributed by atoms with Crippen LogP contribution in [0, 0.1) is 0 Å². The van der Waals surface area contributed by atoms with Crippen molar-refractivity contribution in [2.24, 2.45) is 0 Å². The molecular formula is C11H14O3. The van der Waals surface area contributed by atoms with Crippen LogP contribution in [0.1, 0.15) is 20.8 Å². The highest BCUT2D eigenvalue weighted by atomic mass is 16.7. The molecule has 0 fully saturated rings. The maximum Gasteiger partial charge on any atom is 0.231 e. The molecule has 0 saturated heterocycles. The molecule has 0 saturated carbocycles. The largest absolute Gasteiger partial charge is 0.488 e. The van der Waals surface area contributed by atoms with Gasteiger partial charge in [0.2, 0.25) is 6.79 Å². The fourth-order valence-corrected chi connectivity index (χ4v) is 1.29. The van der Waals surface area contributed by atoms with Gasteiger partial charge in [-0.05, 0) is 32.9 Å². The predicted octanol–water partition coefficient (Wildman–Crippen LogP) is 2.59. The van der Waals surface area contributed by atoms with Crippen LogP contribution in [0.4, 0.5) is 0 Å². The lowest BCUT2D eigenvalue weighted by atomic mass is 10.2. The molecule has 0 unspecified atom stereocenters. The van der Waals surface area contributed by atoms with Crippen molar-refractivity contribution in [3.05, 3.63) is 18.2 Å². The third-order valence-corrected chi connectivity index (χ3v) is 1.77. The SMILES string of the molecule is CC(C)(C)Oc1ccc2c(c1)OCO2. The van der Waals surface area contributed by atoms with Crippen LogP contribution >= 0.6 is 0 Å². The van der Waals surface area contributed by atoms with E-state index in [1.807, 2.05) is 39.0 Å². The molecule has 3 nitrogen and oxygen atoms in total. The number of rotatable bonds is 1. The number of benzene rings is 1. The number of ether oxygens (including phenoxy) is 3. The minimum absolute atomic E-state index is 0.187. The molecule has 1 aliphatic rings. The minimum atomic E-state index is -0.187. The van der Waals surface area contributed by atoms with Crippen molar-refractivity contribution < 1.29 is 14.2 Å². The third kappa shape index (κ3) is 1.92. The minimum Gasteiger partial charge on any atom is -0.488 e. The van der Waals surface area contributed by atoms with E-state index in [2.05, 4.69) is 0 Å². The molecule has 0 atom stereocenters. The smallest absolute Gasteiger partial charge is 0.231 e. The number of hydrogen-bond acceptors (Lipinski definition) is 3. The van der Waals surface area contributed by atoms with Gasteiger partial charge in [0.25, 0.3) is 0 Å². The van der Waals surface area contributed by atoms with Gasteiger partial charge in [0.1, 0.15) is 11.4 Å². The Morgan fingerprint density at radius 3 is 2.57 bits per heavy atom. The Labute approximate surface area is 83.6 Å². The standard InChI is InChI=1S/C11H14O3/c1-11(2,3)14-8-4-5-9-10(6-8)13-7-12-9/h4-6H,7H2,1-3H3. The van der Waals surface area contributed by atoms with E-state index in [9.17, 15) is 0 Å². The molecule has 0 spiro atoms. The zero-order valence-electron chi connectivity index (χ0n) is 8.66. The van der Waals surface area contributed by atoms with Gasteiger partial charge in [0.15, 0.2) is 11.5 Å². The highest BCUT2D eigenvalue weighted by Crippen LogP contribution is 2.35. The van der Waals surface area contributed by atoms with Gasteiger partial charge < -0.3 is 14.2 Å². The molecule has 76 valence electrons. The topological polar surface area (TPSA) is 27.7 Å². The second kappa shape index (κ2) is 3.08. The van der Waals surface area contributed by atoms with Crippen LogP contribution in [0.2, 0.25) is 0 Å². The quantitative estimate of drug-likeness (QED) is 0.687. The van der Waals surface area contributed by atoms with E-state index in [4.69, 9.17) is 14.2 Å². The van der Waals surface area contributed by atoms with Gasteiger partial charge in [0.05, 0.1) is 0 Å². The maximum absolute atomic E-state index is 5.69. The van der Waals surface area contributed by atoms with Crippen molar-refractivity contribution >= 4 is 0 Å². The molecule has 14 heavy (non-hydrogen) atoms. The Balaban J connectivity index is 2.21. The van der Waals surface area contributed by atoms with E-state index in [0.29, 0.717) is 6.79 Å². The van der Waals surface area contributed by atoms with Gasteiger partial charge >= 0.3 is 0 Å². The van der Waals surface area contributed by atoms with E-state index in [1.54, 1.807) is 0 Å². The van der Waals surface area contributed by atoms with E-state index in [1.165, 1.54) is 0 Å². The summed E-state index contributed by atoms with van der Waals surface area (Å²) < 4.78 is 16.1. The normalized spacial score (nSPS) is 14.2. The van der Waals surface area contributed by atoms with Crippen molar-refractivity contribution in [2.45, 2.75) is 26.4 Å². The lowest BCUT2D eigenvalue weighted by Crippen LogP contribution is -2.22. The average molecular weight is 194 g/mol. The first kappa shape index (κ1) is 9.19. The highest BCUT2D eigenvalue weighted by Gasteiger charge is 2.17. The van der Waals surface area contributed by atoms with Gasteiger partial charge in [-0.15, -0.1) is 0 Å². The molecule has 1 aromatic carbocycles. The zero-order valence-corrected chi connectivity index (χ0v) is 8.66. The monoisotopic (exact) mass is 194 g/mol. The molecule has 3 heteroatoms. The van der Waals surface area contributed by atoms with Crippen LogP contribution in [0.25, 0.3) is 0 Å². The van der Waals surface area contributed by atoms with E-state index in [0.717, 1.165) is 17.2 Å². The summed E-state index contributed by atoms with van der Waals surface area (Å²) >= 11 is 0. The summed E-state index contributed by atoms with van der Waals surface area (Å²) in [5.41, 5.74) is -0.187. The zero-order chi connectivity index (χ0) is 10.2. The maximum atomic E-state index is 5.69. The van der Waals surface area contributed by atoms with Crippen molar-refractivity contribution in [2.75, 3.05) is 6.79 Å². The summed E-state index contributed by atoms with van der Waals surface area (Å²) in [5, 5.41) is 0. The predicted molar refractivity (Wildman–Crippen MR) is 52.9 cm³/mol. The van der Waals surface area contributed by atoms with Gasteiger partial charge in [-0.25, -0.2) is 0 Å². The number of fused-ring (bicyclic) bond motifs is 1. The molecule has 0 radical (unpaired) electrons. The molecule has 0 amide bonds. The van der Waals surface area contributed by atoms with E-state index >= 15 is 0 Å². The second-order valence-corrected chi connectivity index (χ2v) is 4.23. The van der Waals surface area contributed by atoms with Gasteiger partial charge in [0, 0.05) is 6.07 Å². The van der Waals surface area contributed by atoms with Crippen molar-refractivity contribution in [3.8, 4) is 17.2 Å². The Hall–Kier alpha value is -1.38. The summed E-state index contributed by atoms with van der Waals surface area (Å²) in [4.78, 5) is 0. The van der Waals surface area contributed by atoms with Gasteiger partial charge in [-0.2, -0.15) is 0 Å². The molecule has 1 aliphatic heterocycles. The van der Waals surface area contributed by atoms with Crippen LogP contribution in [0.15, 0.2) is 18.2 Å². The lowest BCUT2D eigenvalue weighted by molar-refractivity contribution is 0.130. The van der Waals surface area contributed by atoms with Crippen LogP contribution < -0.4 is 14.2 Å². The van der Waals surface area contributed by atoms with Crippen molar-refractivity contribution in [1.29, 1.82) is 0 Å². The summed E-state index contributed by atoms with van der Waals surface area (Å²) in [6.45, 7) is 6.33. The summed E-state index contributed by atoms with van der Waals surface area (Å²) in [5.74, 6) is 2.35. The summed E-state index contributed by atoms with van der Waals surface area (Å²) in [6.07, 6.45) is 0. The third-order valence-electron chi connectivity index (χ3n) is 1.77. The fraction of sp³-hybridized carbons (Fsp3) is 0.455. The van der Waals surface area contributed by atoms with Crippen molar-refractivity contribution in [1.82, 2.24) is 0 Å². The Bertz CT molecular complexity index is 339. The van der Waals surface area contributed by atoms with Crippen LogP contribution in [-0.4, -0.2) is 12.4 Å². The van der Waals surface area contributed by atoms with Crippen LogP contribution in [-0.2, 0) is 0 Å². The summed E-state index contributed by atoms with van der Waals surface area (Å²) in [7, 11) is 0. The first-order valence-corrected chi connectivity index (χ1v) is 4.63. The fourth-order valence-electron chi connectivity index (χ4n) is 1.29. The highest BCUT2D eigenvalue weighted by molar-refractivity contribution is 5.46. The molecule has 2 rings (SSSR count). The Morgan fingerprint density at radius 2 is 1.86 bits per heavy atom. The molecule has 0 bridgehead atoms. The van der Waals surface area contributed by atoms with E-state index in [-0.39, 0.29) is 5.60 Å². The molecule has 0 aromatic heterocycles. The first-order chi connectivity index (χ1) is 6.54. The van der Waals surface area contributed by atoms with Crippen molar-refractivity contribution in [3.63, 3.8) is 0 Å². The molecule has 0 aliphatic carbocycles. The van der Waals surface area contributed by atoms with Crippen LogP contribution in [0.5, 0.6) is 17.2 Å². The van der Waals surface area contributed by atoms with Gasteiger partial charge in [-0.3, -0.25) is 0 Å². The lowest BCUT2D eigenvalue weighted by Gasteiger charge is -2.21. The molecular weight excluding hydrogens is 180 g/mol. The molecule has 1 aromatic rings. The van der Waals surface area contributed by atoms with Gasteiger partial charge in [-0.1, -0.05) is 0 Å².